The quantitative estimate of drug-likeness (QED) is 0.900. The van der Waals surface area contributed by atoms with Crippen molar-refractivity contribution in [2.75, 3.05) is 0 Å². The van der Waals surface area contributed by atoms with Crippen molar-refractivity contribution in [1.82, 2.24) is 9.38 Å². The Labute approximate surface area is 111 Å². The molecule has 1 saturated carbocycles. The van der Waals surface area contributed by atoms with Crippen LogP contribution in [0.5, 0.6) is 0 Å². The summed E-state index contributed by atoms with van der Waals surface area (Å²) < 4.78 is 1.91. The van der Waals surface area contributed by atoms with E-state index < -0.39 is 6.10 Å². The van der Waals surface area contributed by atoms with E-state index in [9.17, 15) is 5.11 Å². The predicted molar refractivity (Wildman–Crippen MR) is 71.7 cm³/mol. The van der Waals surface area contributed by atoms with E-state index in [1.165, 1.54) is 19.3 Å². The molecule has 1 aliphatic rings. The molecular formula is C14H17ClN2O. The van der Waals surface area contributed by atoms with Crippen molar-refractivity contribution in [3.05, 3.63) is 35.4 Å². The summed E-state index contributed by atoms with van der Waals surface area (Å²) in [6, 6.07) is 1.83. The van der Waals surface area contributed by atoms with E-state index in [0.717, 1.165) is 23.9 Å². The van der Waals surface area contributed by atoms with Gasteiger partial charge in [-0.25, -0.2) is 4.98 Å². The van der Waals surface area contributed by atoms with Crippen LogP contribution < -0.4 is 0 Å². The van der Waals surface area contributed by atoms with Crippen LogP contribution in [0.2, 0.25) is 5.02 Å². The summed E-state index contributed by atoms with van der Waals surface area (Å²) in [5, 5.41) is 11.3. The zero-order valence-corrected chi connectivity index (χ0v) is 11.0. The first-order valence-electron chi connectivity index (χ1n) is 6.55. The molecule has 2 heterocycles. The summed E-state index contributed by atoms with van der Waals surface area (Å²) in [4.78, 5) is 4.12. The highest BCUT2D eigenvalue weighted by Gasteiger charge is 2.26. The zero-order chi connectivity index (χ0) is 12.5. The van der Waals surface area contributed by atoms with Gasteiger partial charge in [0.1, 0.15) is 0 Å². The van der Waals surface area contributed by atoms with Crippen LogP contribution in [0.1, 0.15) is 43.8 Å². The van der Waals surface area contributed by atoms with Crippen LogP contribution in [0, 0.1) is 5.92 Å². The van der Waals surface area contributed by atoms with Crippen molar-refractivity contribution in [3.63, 3.8) is 0 Å². The summed E-state index contributed by atoms with van der Waals surface area (Å²) in [5.74, 6) is 0.331. The minimum Gasteiger partial charge on any atom is -0.388 e. The standard InChI is InChI=1S/C14H17ClN2O/c15-11-6-7-17-9-16-8-12(17)13(11)14(18)10-4-2-1-3-5-10/h6-10,14,18H,1-5H2. The molecule has 1 atom stereocenters. The second-order valence-corrected chi connectivity index (χ2v) is 5.51. The van der Waals surface area contributed by atoms with Crippen LogP contribution in [0.3, 0.4) is 0 Å². The molecule has 4 heteroatoms. The Morgan fingerprint density at radius 2 is 2.11 bits per heavy atom. The summed E-state index contributed by atoms with van der Waals surface area (Å²) >= 11 is 6.27. The second-order valence-electron chi connectivity index (χ2n) is 5.11. The van der Waals surface area contributed by atoms with Crippen molar-refractivity contribution in [1.29, 1.82) is 0 Å². The van der Waals surface area contributed by atoms with Crippen molar-refractivity contribution < 1.29 is 5.11 Å². The Bertz CT molecular complexity index is 546. The summed E-state index contributed by atoms with van der Waals surface area (Å²) in [7, 11) is 0. The van der Waals surface area contributed by atoms with E-state index in [2.05, 4.69) is 4.98 Å². The van der Waals surface area contributed by atoms with Gasteiger partial charge in [-0.2, -0.15) is 0 Å². The van der Waals surface area contributed by atoms with Gasteiger partial charge in [0.25, 0.3) is 0 Å². The summed E-state index contributed by atoms with van der Waals surface area (Å²) in [6.45, 7) is 0. The number of imidazole rings is 1. The Morgan fingerprint density at radius 1 is 1.33 bits per heavy atom. The van der Waals surface area contributed by atoms with Crippen molar-refractivity contribution in [2.24, 2.45) is 5.92 Å². The number of rotatable bonds is 2. The van der Waals surface area contributed by atoms with Crippen molar-refractivity contribution in [2.45, 2.75) is 38.2 Å². The van der Waals surface area contributed by atoms with E-state index in [1.807, 2.05) is 16.7 Å². The molecule has 1 aliphatic carbocycles. The number of nitrogens with zero attached hydrogens (tertiary/aromatic N) is 2. The molecule has 0 radical (unpaired) electrons. The number of pyridine rings is 1. The van der Waals surface area contributed by atoms with Crippen LogP contribution in [-0.2, 0) is 0 Å². The van der Waals surface area contributed by atoms with Crippen LogP contribution in [0.4, 0.5) is 0 Å². The van der Waals surface area contributed by atoms with Crippen molar-refractivity contribution in [3.8, 4) is 0 Å². The third-order valence-electron chi connectivity index (χ3n) is 3.97. The molecule has 96 valence electrons. The fourth-order valence-corrected chi connectivity index (χ4v) is 3.23. The SMILES string of the molecule is OC(c1c(Cl)ccn2cncc12)C1CCCCC1. The highest BCUT2D eigenvalue weighted by Crippen LogP contribution is 2.38. The molecule has 1 fully saturated rings. The van der Waals surface area contributed by atoms with Crippen LogP contribution in [0.25, 0.3) is 5.52 Å². The first-order chi connectivity index (χ1) is 8.77. The Kier molecular flexibility index (Phi) is 3.27. The van der Waals surface area contributed by atoms with E-state index in [1.54, 1.807) is 12.5 Å². The third-order valence-corrected chi connectivity index (χ3v) is 4.30. The summed E-state index contributed by atoms with van der Waals surface area (Å²) in [5.41, 5.74) is 1.75. The van der Waals surface area contributed by atoms with E-state index in [0.29, 0.717) is 10.9 Å². The highest BCUT2D eigenvalue weighted by atomic mass is 35.5. The molecule has 0 aromatic carbocycles. The van der Waals surface area contributed by atoms with Gasteiger partial charge in [-0.1, -0.05) is 30.9 Å². The average Bonchev–Trinajstić information content (AvgIpc) is 2.87. The lowest BCUT2D eigenvalue weighted by molar-refractivity contribution is 0.0859. The number of aromatic nitrogens is 2. The normalized spacial score (nSPS) is 19.2. The molecule has 3 rings (SSSR count). The van der Waals surface area contributed by atoms with Crippen LogP contribution in [-0.4, -0.2) is 14.5 Å². The number of aliphatic hydroxyl groups excluding tert-OH is 1. The van der Waals surface area contributed by atoms with Crippen molar-refractivity contribution >= 4 is 17.1 Å². The highest BCUT2D eigenvalue weighted by molar-refractivity contribution is 6.31. The fourth-order valence-electron chi connectivity index (χ4n) is 2.97. The van der Waals surface area contributed by atoms with Gasteiger partial charge < -0.3 is 9.51 Å². The molecule has 2 aromatic rings. The average molecular weight is 265 g/mol. The molecule has 2 aromatic heterocycles. The molecule has 1 N–H and O–H groups in total. The van der Waals surface area contributed by atoms with Gasteiger partial charge >= 0.3 is 0 Å². The second kappa shape index (κ2) is 4.90. The minimum atomic E-state index is -0.474. The van der Waals surface area contributed by atoms with Gasteiger partial charge in [0, 0.05) is 16.8 Å². The minimum absolute atomic E-state index is 0.331. The molecule has 0 spiro atoms. The van der Waals surface area contributed by atoms with Gasteiger partial charge in [-0.15, -0.1) is 0 Å². The topological polar surface area (TPSA) is 37.5 Å². The maximum Gasteiger partial charge on any atom is 0.0992 e. The van der Waals surface area contributed by atoms with Gasteiger partial charge in [-0.3, -0.25) is 0 Å². The van der Waals surface area contributed by atoms with Gasteiger partial charge in [0.2, 0.25) is 0 Å². The summed E-state index contributed by atoms with van der Waals surface area (Å²) in [6.07, 6.45) is 10.8. The lowest BCUT2D eigenvalue weighted by Crippen LogP contribution is -2.17. The number of aliphatic hydroxyl groups is 1. The van der Waals surface area contributed by atoms with E-state index >= 15 is 0 Å². The lowest BCUT2D eigenvalue weighted by atomic mass is 9.82. The maximum atomic E-state index is 10.6. The number of fused-ring (bicyclic) bond motifs is 1. The molecule has 18 heavy (non-hydrogen) atoms. The molecule has 0 amide bonds. The largest absolute Gasteiger partial charge is 0.388 e. The van der Waals surface area contributed by atoms with Crippen LogP contribution >= 0.6 is 11.6 Å². The number of halogens is 1. The first kappa shape index (κ1) is 12.0. The monoisotopic (exact) mass is 264 g/mol. The third kappa shape index (κ3) is 2.02. The molecular weight excluding hydrogens is 248 g/mol. The Balaban J connectivity index is 2.01. The smallest absolute Gasteiger partial charge is 0.0992 e. The van der Waals surface area contributed by atoms with E-state index in [-0.39, 0.29) is 0 Å². The van der Waals surface area contributed by atoms with Crippen LogP contribution in [0.15, 0.2) is 24.8 Å². The van der Waals surface area contributed by atoms with Gasteiger partial charge in [-0.05, 0) is 24.8 Å². The van der Waals surface area contributed by atoms with Gasteiger partial charge in [0.15, 0.2) is 0 Å². The van der Waals surface area contributed by atoms with Gasteiger partial charge in [0.05, 0.1) is 24.1 Å². The molecule has 0 saturated heterocycles. The molecule has 3 nitrogen and oxygen atoms in total. The number of hydrogen-bond acceptors (Lipinski definition) is 2. The van der Waals surface area contributed by atoms with E-state index in [4.69, 9.17) is 11.6 Å². The molecule has 1 unspecified atom stereocenters. The predicted octanol–water partition coefficient (Wildman–Crippen LogP) is 3.60. The Morgan fingerprint density at radius 3 is 2.89 bits per heavy atom. The fraction of sp³-hybridized carbons (Fsp3) is 0.500. The first-order valence-corrected chi connectivity index (χ1v) is 6.93. The zero-order valence-electron chi connectivity index (χ0n) is 10.2. The maximum absolute atomic E-state index is 10.6. The molecule has 0 aliphatic heterocycles. The number of hydrogen-bond donors (Lipinski definition) is 1. The lowest BCUT2D eigenvalue weighted by Gasteiger charge is -2.27. The Hall–Kier alpha value is -1.06. The molecule has 0 bridgehead atoms.